The second-order valence-corrected chi connectivity index (χ2v) is 7.89. The van der Waals surface area contributed by atoms with Gasteiger partial charge in [-0.05, 0) is 43.2 Å². The molecular weight excluding hydrogens is 383 g/mol. The average molecular weight is 409 g/mol. The number of rotatable bonds is 6. The van der Waals surface area contributed by atoms with E-state index in [1.54, 1.807) is 18.2 Å². The van der Waals surface area contributed by atoms with E-state index < -0.39 is 6.10 Å². The van der Waals surface area contributed by atoms with Crippen LogP contribution in [-0.4, -0.2) is 55.4 Å². The molecule has 6 heteroatoms. The van der Waals surface area contributed by atoms with Gasteiger partial charge in [0.2, 0.25) is 0 Å². The third kappa shape index (κ3) is 5.29. The predicted octanol–water partition coefficient (Wildman–Crippen LogP) is 4.17. The zero-order valence-corrected chi connectivity index (χ0v) is 17.3. The number of ether oxygens (including phenoxy) is 1. The van der Waals surface area contributed by atoms with Crippen LogP contribution in [0.2, 0.25) is 10.0 Å². The van der Waals surface area contributed by atoms with Gasteiger partial charge in [0.15, 0.2) is 0 Å². The molecule has 2 aromatic carbocycles. The first-order valence-electron chi connectivity index (χ1n) is 9.23. The largest absolute Gasteiger partial charge is 0.489 e. The van der Waals surface area contributed by atoms with Gasteiger partial charge in [-0.1, -0.05) is 35.3 Å². The third-order valence-electron chi connectivity index (χ3n) is 5.08. The summed E-state index contributed by atoms with van der Waals surface area (Å²) in [6.45, 7) is 8.85. The molecule has 2 aromatic rings. The fourth-order valence-electron chi connectivity index (χ4n) is 3.37. The molecule has 1 aliphatic heterocycles. The number of benzene rings is 2. The van der Waals surface area contributed by atoms with Gasteiger partial charge >= 0.3 is 0 Å². The Morgan fingerprint density at radius 3 is 2.56 bits per heavy atom. The quantitative estimate of drug-likeness (QED) is 0.777. The number of aliphatic hydroxyl groups is 1. The number of β-amino-alcohol motifs (C(OH)–C–C–N with tert-alkyl or cyclic N) is 1. The Morgan fingerprint density at radius 2 is 1.81 bits per heavy atom. The molecule has 27 heavy (non-hydrogen) atoms. The highest BCUT2D eigenvalue weighted by molar-refractivity contribution is 6.34. The van der Waals surface area contributed by atoms with Crippen LogP contribution in [0.5, 0.6) is 5.75 Å². The number of halogens is 2. The maximum Gasteiger partial charge on any atom is 0.139 e. The van der Waals surface area contributed by atoms with E-state index in [0.29, 0.717) is 22.3 Å². The molecule has 1 aliphatic rings. The highest BCUT2D eigenvalue weighted by Gasteiger charge is 2.21. The Balaban J connectivity index is 1.47. The van der Waals surface area contributed by atoms with Gasteiger partial charge in [0.25, 0.3) is 0 Å². The van der Waals surface area contributed by atoms with Crippen molar-refractivity contribution in [2.75, 3.05) is 44.2 Å². The molecule has 0 saturated carbocycles. The summed E-state index contributed by atoms with van der Waals surface area (Å²) < 4.78 is 5.64. The number of piperazine rings is 1. The van der Waals surface area contributed by atoms with Gasteiger partial charge in [-0.25, -0.2) is 0 Å². The fourth-order valence-corrected chi connectivity index (χ4v) is 3.71. The maximum atomic E-state index is 10.3. The summed E-state index contributed by atoms with van der Waals surface area (Å²) in [6, 6.07) is 11.5. The van der Waals surface area contributed by atoms with Crippen LogP contribution >= 0.6 is 23.2 Å². The first kappa shape index (κ1) is 20.3. The molecule has 0 unspecified atom stereocenters. The van der Waals surface area contributed by atoms with Gasteiger partial charge in [0, 0.05) is 49.5 Å². The van der Waals surface area contributed by atoms with E-state index in [1.165, 1.54) is 16.8 Å². The van der Waals surface area contributed by atoms with Gasteiger partial charge in [0.05, 0.1) is 5.02 Å². The number of nitrogens with zero attached hydrogens (tertiary/aromatic N) is 2. The number of aryl methyl sites for hydroxylation is 1. The summed E-state index contributed by atoms with van der Waals surface area (Å²) in [5.74, 6) is 0.503. The van der Waals surface area contributed by atoms with Crippen molar-refractivity contribution < 1.29 is 9.84 Å². The van der Waals surface area contributed by atoms with Crippen LogP contribution < -0.4 is 9.64 Å². The molecule has 1 saturated heterocycles. The van der Waals surface area contributed by atoms with Crippen molar-refractivity contribution in [2.45, 2.75) is 20.0 Å². The SMILES string of the molecule is Cc1cccc(N2CCN(C[C@@H](O)COc3cc(Cl)ccc3Cl)CC2)c1C. The van der Waals surface area contributed by atoms with E-state index in [0.717, 1.165) is 26.2 Å². The number of hydrogen-bond donors (Lipinski definition) is 1. The molecule has 1 fully saturated rings. The van der Waals surface area contributed by atoms with E-state index in [-0.39, 0.29) is 6.61 Å². The first-order valence-corrected chi connectivity index (χ1v) is 9.99. The zero-order valence-electron chi connectivity index (χ0n) is 15.8. The van der Waals surface area contributed by atoms with Crippen LogP contribution in [0.15, 0.2) is 36.4 Å². The minimum Gasteiger partial charge on any atom is -0.489 e. The van der Waals surface area contributed by atoms with Crippen molar-refractivity contribution in [3.8, 4) is 5.75 Å². The van der Waals surface area contributed by atoms with Crippen molar-refractivity contribution in [1.82, 2.24) is 4.90 Å². The molecule has 1 heterocycles. The summed E-state index contributed by atoms with van der Waals surface area (Å²) in [4.78, 5) is 4.70. The van der Waals surface area contributed by atoms with E-state index in [9.17, 15) is 5.11 Å². The lowest BCUT2D eigenvalue weighted by atomic mass is 10.1. The lowest BCUT2D eigenvalue weighted by Gasteiger charge is -2.37. The van der Waals surface area contributed by atoms with Crippen LogP contribution in [0, 0.1) is 13.8 Å². The van der Waals surface area contributed by atoms with E-state index in [4.69, 9.17) is 27.9 Å². The fraction of sp³-hybridized carbons (Fsp3) is 0.429. The molecule has 0 aromatic heterocycles. The molecule has 4 nitrogen and oxygen atoms in total. The van der Waals surface area contributed by atoms with E-state index in [1.807, 2.05) is 0 Å². The lowest BCUT2D eigenvalue weighted by molar-refractivity contribution is 0.0663. The van der Waals surface area contributed by atoms with Gasteiger partial charge in [-0.15, -0.1) is 0 Å². The Morgan fingerprint density at radius 1 is 1.07 bits per heavy atom. The van der Waals surface area contributed by atoms with Gasteiger partial charge in [-0.3, -0.25) is 4.90 Å². The van der Waals surface area contributed by atoms with Crippen LogP contribution in [0.25, 0.3) is 0 Å². The minimum absolute atomic E-state index is 0.192. The Hall–Kier alpha value is -1.46. The Labute approximate surface area is 171 Å². The van der Waals surface area contributed by atoms with Crippen molar-refractivity contribution in [2.24, 2.45) is 0 Å². The van der Waals surface area contributed by atoms with E-state index >= 15 is 0 Å². The van der Waals surface area contributed by atoms with Crippen molar-refractivity contribution >= 4 is 28.9 Å². The smallest absolute Gasteiger partial charge is 0.139 e. The van der Waals surface area contributed by atoms with Crippen molar-refractivity contribution in [1.29, 1.82) is 0 Å². The molecule has 0 amide bonds. The molecule has 3 rings (SSSR count). The lowest BCUT2D eigenvalue weighted by Crippen LogP contribution is -2.49. The van der Waals surface area contributed by atoms with Crippen LogP contribution in [0.1, 0.15) is 11.1 Å². The van der Waals surface area contributed by atoms with Crippen LogP contribution in [0.3, 0.4) is 0 Å². The van der Waals surface area contributed by atoms with Gasteiger partial charge in [-0.2, -0.15) is 0 Å². The summed E-state index contributed by atoms with van der Waals surface area (Å²) in [5, 5.41) is 11.4. The van der Waals surface area contributed by atoms with Gasteiger partial charge < -0.3 is 14.7 Å². The van der Waals surface area contributed by atoms with Crippen LogP contribution in [-0.2, 0) is 0 Å². The number of hydrogen-bond acceptors (Lipinski definition) is 4. The summed E-state index contributed by atoms with van der Waals surface area (Å²) >= 11 is 12.0. The standard InChI is InChI=1S/C21H26Cl2N2O2/c1-15-4-3-5-20(16(15)2)25-10-8-24(9-11-25)13-18(26)14-27-21-12-17(22)6-7-19(21)23/h3-7,12,18,26H,8-11,13-14H2,1-2H3/t18-/m1/s1. The normalized spacial score (nSPS) is 16.4. The molecule has 0 aliphatic carbocycles. The molecular formula is C21H26Cl2N2O2. The van der Waals surface area contributed by atoms with Gasteiger partial charge in [0.1, 0.15) is 18.5 Å². The first-order chi connectivity index (χ1) is 12.9. The second-order valence-electron chi connectivity index (χ2n) is 7.05. The molecule has 0 spiro atoms. The highest BCUT2D eigenvalue weighted by atomic mass is 35.5. The summed E-state index contributed by atoms with van der Waals surface area (Å²) in [5.41, 5.74) is 3.98. The van der Waals surface area contributed by atoms with E-state index in [2.05, 4.69) is 41.8 Å². The topological polar surface area (TPSA) is 35.9 Å². The highest BCUT2D eigenvalue weighted by Crippen LogP contribution is 2.28. The number of anilines is 1. The Kier molecular flexibility index (Phi) is 6.88. The maximum absolute atomic E-state index is 10.3. The molecule has 146 valence electrons. The predicted molar refractivity (Wildman–Crippen MR) is 113 cm³/mol. The minimum atomic E-state index is -0.577. The third-order valence-corrected chi connectivity index (χ3v) is 5.63. The summed E-state index contributed by atoms with van der Waals surface area (Å²) in [7, 11) is 0. The second kappa shape index (κ2) is 9.16. The Bertz CT molecular complexity index is 777. The zero-order chi connectivity index (χ0) is 19.4. The average Bonchev–Trinajstić information content (AvgIpc) is 2.65. The monoisotopic (exact) mass is 408 g/mol. The van der Waals surface area contributed by atoms with Crippen LogP contribution in [0.4, 0.5) is 5.69 Å². The molecule has 1 atom stereocenters. The van der Waals surface area contributed by atoms with Crippen molar-refractivity contribution in [3.63, 3.8) is 0 Å². The number of aliphatic hydroxyl groups excluding tert-OH is 1. The van der Waals surface area contributed by atoms with Crippen molar-refractivity contribution in [3.05, 3.63) is 57.6 Å². The molecule has 0 bridgehead atoms. The summed E-state index contributed by atoms with van der Waals surface area (Å²) in [6.07, 6.45) is -0.577. The molecule has 0 radical (unpaired) electrons. The molecule has 1 N–H and O–H groups in total.